The summed E-state index contributed by atoms with van der Waals surface area (Å²) < 4.78 is 42.5. The third-order valence-corrected chi connectivity index (χ3v) is 5.63. The fraction of sp³-hybridized carbons (Fsp3) is 0.538. The number of ether oxygens (including phenoxy) is 1. The van der Waals surface area contributed by atoms with Crippen LogP contribution in [0.4, 0.5) is 4.39 Å². The molecule has 1 aliphatic rings. The maximum absolute atomic E-state index is 13.0. The van der Waals surface area contributed by atoms with E-state index in [9.17, 15) is 12.8 Å². The van der Waals surface area contributed by atoms with Gasteiger partial charge >= 0.3 is 0 Å². The maximum atomic E-state index is 13.0. The van der Waals surface area contributed by atoms with Gasteiger partial charge < -0.3 is 4.74 Å². The average molecular weight is 351 g/mol. The number of halogens is 2. The molecule has 0 radical (unpaired) electrons. The molecule has 0 heterocycles. The van der Waals surface area contributed by atoms with Crippen LogP contribution in [0.3, 0.4) is 0 Å². The highest BCUT2D eigenvalue weighted by Gasteiger charge is 2.30. The fourth-order valence-corrected chi connectivity index (χ4v) is 3.95. The molecule has 1 saturated carbocycles. The van der Waals surface area contributed by atoms with Gasteiger partial charge in [-0.05, 0) is 53.4 Å². The van der Waals surface area contributed by atoms with E-state index in [4.69, 9.17) is 4.74 Å². The van der Waals surface area contributed by atoms with Crippen molar-refractivity contribution in [2.45, 2.75) is 37.0 Å². The topological polar surface area (TPSA) is 43.4 Å². The van der Waals surface area contributed by atoms with Crippen molar-refractivity contribution in [2.75, 3.05) is 6.26 Å². The zero-order valence-electron chi connectivity index (χ0n) is 10.6. The van der Waals surface area contributed by atoms with Crippen molar-refractivity contribution >= 4 is 25.8 Å². The first-order valence-corrected chi connectivity index (χ1v) is 8.91. The average Bonchev–Trinajstić information content (AvgIpc) is 2.32. The molecule has 106 valence electrons. The van der Waals surface area contributed by atoms with E-state index >= 15 is 0 Å². The highest BCUT2D eigenvalue weighted by molar-refractivity contribution is 9.10. The van der Waals surface area contributed by atoms with Crippen molar-refractivity contribution in [1.82, 2.24) is 0 Å². The second kappa shape index (κ2) is 5.79. The fourth-order valence-electron chi connectivity index (χ4n) is 2.35. The zero-order chi connectivity index (χ0) is 14.0. The normalized spacial score (nSPS) is 24.2. The van der Waals surface area contributed by atoms with Crippen LogP contribution in [-0.2, 0) is 9.84 Å². The van der Waals surface area contributed by atoms with E-state index in [1.807, 2.05) is 0 Å². The first kappa shape index (κ1) is 14.8. The molecule has 0 aliphatic heterocycles. The minimum Gasteiger partial charge on any atom is -0.489 e. The van der Waals surface area contributed by atoms with Gasteiger partial charge in [0.15, 0.2) is 0 Å². The zero-order valence-corrected chi connectivity index (χ0v) is 13.0. The van der Waals surface area contributed by atoms with Crippen LogP contribution in [0.25, 0.3) is 0 Å². The lowest BCUT2D eigenvalue weighted by molar-refractivity contribution is 0.155. The van der Waals surface area contributed by atoms with Crippen molar-refractivity contribution in [2.24, 2.45) is 0 Å². The predicted octanol–water partition coefficient (Wildman–Crippen LogP) is 3.32. The summed E-state index contributed by atoms with van der Waals surface area (Å²) >= 11 is 3.25. The van der Waals surface area contributed by atoms with E-state index in [1.165, 1.54) is 18.4 Å². The molecule has 1 aromatic rings. The summed E-state index contributed by atoms with van der Waals surface area (Å²) in [5.74, 6) is 0.220. The number of hydrogen-bond donors (Lipinski definition) is 0. The molecule has 2 unspecified atom stereocenters. The molecule has 0 saturated heterocycles. The first-order valence-electron chi connectivity index (χ1n) is 6.17. The van der Waals surface area contributed by atoms with E-state index in [0.717, 1.165) is 12.8 Å². The molecular weight excluding hydrogens is 335 g/mol. The van der Waals surface area contributed by atoms with Gasteiger partial charge in [-0.3, -0.25) is 0 Å². The summed E-state index contributed by atoms with van der Waals surface area (Å²) in [7, 11) is -3.02. The largest absolute Gasteiger partial charge is 0.489 e. The quantitative estimate of drug-likeness (QED) is 0.839. The van der Waals surface area contributed by atoms with Gasteiger partial charge in [-0.2, -0.15) is 0 Å². The minimum absolute atomic E-state index is 0.129. The standard InChI is InChI=1S/C13H16BrFO3S/c1-19(16,17)11-4-2-3-10(8-11)18-13-6-5-9(15)7-12(13)14/h5-7,10-11H,2-4,8H2,1H3. The second-order valence-corrected chi connectivity index (χ2v) is 8.11. The van der Waals surface area contributed by atoms with Crippen LogP contribution in [0, 0.1) is 5.82 Å². The monoisotopic (exact) mass is 350 g/mol. The Bertz CT molecular complexity index is 559. The Balaban J connectivity index is 2.07. The van der Waals surface area contributed by atoms with Crippen LogP contribution in [0.1, 0.15) is 25.7 Å². The molecule has 0 amide bonds. The summed E-state index contributed by atoms with van der Waals surface area (Å²) in [5, 5.41) is -0.328. The van der Waals surface area contributed by atoms with E-state index in [-0.39, 0.29) is 17.2 Å². The first-order chi connectivity index (χ1) is 8.86. The Morgan fingerprint density at radius 2 is 2.11 bits per heavy atom. The van der Waals surface area contributed by atoms with Crippen LogP contribution >= 0.6 is 15.9 Å². The summed E-state index contributed by atoms with van der Waals surface area (Å²) in [6.07, 6.45) is 4.01. The highest BCUT2D eigenvalue weighted by Crippen LogP contribution is 2.31. The van der Waals surface area contributed by atoms with Crippen LogP contribution in [0.5, 0.6) is 5.75 Å². The van der Waals surface area contributed by atoms with Crippen molar-refractivity contribution in [3.63, 3.8) is 0 Å². The lowest BCUT2D eigenvalue weighted by Crippen LogP contribution is -2.33. The van der Waals surface area contributed by atoms with Gasteiger partial charge in [0.2, 0.25) is 0 Å². The lowest BCUT2D eigenvalue weighted by Gasteiger charge is -2.28. The summed E-state index contributed by atoms with van der Waals surface area (Å²) in [6.45, 7) is 0. The number of rotatable bonds is 3. The van der Waals surface area contributed by atoms with Gasteiger partial charge in [-0.25, -0.2) is 12.8 Å². The Morgan fingerprint density at radius 1 is 1.37 bits per heavy atom. The van der Waals surface area contributed by atoms with E-state index in [0.29, 0.717) is 23.1 Å². The maximum Gasteiger partial charge on any atom is 0.150 e. The SMILES string of the molecule is CS(=O)(=O)C1CCCC(Oc2ccc(F)cc2Br)C1. The van der Waals surface area contributed by atoms with E-state index < -0.39 is 9.84 Å². The van der Waals surface area contributed by atoms with Crippen LogP contribution in [0.15, 0.2) is 22.7 Å². The van der Waals surface area contributed by atoms with Gasteiger partial charge in [0.1, 0.15) is 27.5 Å². The Kier molecular flexibility index (Phi) is 4.50. The third kappa shape index (κ3) is 3.92. The van der Waals surface area contributed by atoms with E-state index in [1.54, 1.807) is 6.07 Å². The van der Waals surface area contributed by atoms with Gasteiger partial charge in [0.25, 0.3) is 0 Å². The van der Waals surface area contributed by atoms with Gasteiger partial charge in [0, 0.05) is 12.7 Å². The number of benzene rings is 1. The van der Waals surface area contributed by atoms with Crippen molar-refractivity contribution < 1.29 is 17.5 Å². The van der Waals surface area contributed by atoms with Crippen molar-refractivity contribution in [3.8, 4) is 5.75 Å². The molecule has 0 N–H and O–H groups in total. The van der Waals surface area contributed by atoms with Gasteiger partial charge in [0.05, 0.1) is 9.72 Å². The minimum atomic E-state index is -3.02. The molecule has 3 nitrogen and oxygen atoms in total. The summed E-state index contributed by atoms with van der Waals surface area (Å²) in [4.78, 5) is 0. The molecule has 1 aromatic carbocycles. The van der Waals surface area contributed by atoms with Crippen LogP contribution in [-0.4, -0.2) is 26.0 Å². The van der Waals surface area contributed by atoms with Crippen LogP contribution < -0.4 is 4.74 Å². The van der Waals surface area contributed by atoms with Crippen molar-refractivity contribution in [1.29, 1.82) is 0 Å². The molecule has 0 spiro atoms. The van der Waals surface area contributed by atoms with Crippen molar-refractivity contribution in [3.05, 3.63) is 28.5 Å². The molecule has 0 aromatic heterocycles. The molecule has 2 atom stereocenters. The number of sulfone groups is 1. The van der Waals surface area contributed by atoms with Gasteiger partial charge in [-0.1, -0.05) is 0 Å². The smallest absolute Gasteiger partial charge is 0.150 e. The molecule has 1 aliphatic carbocycles. The summed E-state index contributed by atoms with van der Waals surface area (Å²) in [6, 6.07) is 4.23. The highest BCUT2D eigenvalue weighted by atomic mass is 79.9. The molecular formula is C13H16BrFO3S. The molecule has 2 rings (SSSR count). The molecule has 6 heteroatoms. The number of hydrogen-bond acceptors (Lipinski definition) is 3. The second-order valence-electron chi connectivity index (χ2n) is 4.93. The van der Waals surface area contributed by atoms with Crippen LogP contribution in [0.2, 0.25) is 0 Å². The molecule has 0 bridgehead atoms. The molecule has 19 heavy (non-hydrogen) atoms. The predicted molar refractivity (Wildman–Crippen MR) is 75.6 cm³/mol. The summed E-state index contributed by atoms with van der Waals surface area (Å²) in [5.41, 5.74) is 0. The Morgan fingerprint density at radius 3 is 2.74 bits per heavy atom. The van der Waals surface area contributed by atoms with E-state index in [2.05, 4.69) is 15.9 Å². The third-order valence-electron chi connectivity index (χ3n) is 3.37. The Hall–Kier alpha value is -0.620. The van der Waals surface area contributed by atoms with Gasteiger partial charge in [-0.15, -0.1) is 0 Å². The Labute approximate surface area is 121 Å². The lowest BCUT2D eigenvalue weighted by atomic mass is 9.97. The molecule has 1 fully saturated rings.